The van der Waals surface area contributed by atoms with Gasteiger partial charge in [-0.25, -0.2) is 4.98 Å². The number of aldehydes is 1. The Bertz CT molecular complexity index is 366. The number of carbonyl (C=O) groups is 1. The molecule has 1 aliphatic rings. The van der Waals surface area contributed by atoms with Crippen molar-refractivity contribution in [3.05, 3.63) is 28.4 Å². The molecule has 1 aromatic rings. The Morgan fingerprint density at radius 1 is 1.58 bits per heavy atom. The summed E-state index contributed by atoms with van der Waals surface area (Å²) < 4.78 is 1.53. The molecule has 0 amide bonds. The number of aromatic nitrogens is 2. The van der Waals surface area contributed by atoms with Crippen molar-refractivity contribution >= 4 is 6.29 Å². The average Bonchev–Trinajstić information content (AvgIpc) is 2.88. The smallest absolute Gasteiger partial charge is 0.264 e. The third-order valence-corrected chi connectivity index (χ3v) is 1.95. The maximum absolute atomic E-state index is 11.4. The summed E-state index contributed by atoms with van der Waals surface area (Å²) >= 11 is 0. The van der Waals surface area contributed by atoms with Gasteiger partial charge in [0.05, 0.1) is 11.9 Å². The quantitative estimate of drug-likeness (QED) is 0.594. The van der Waals surface area contributed by atoms with Crippen molar-refractivity contribution in [3.63, 3.8) is 0 Å². The van der Waals surface area contributed by atoms with Crippen LogP contribution < -0.4 is 5.56 Å². The topological polar surface area (TPSA) is 52.0 Å². The Labute approximate surface area is 68.9 Å². The van der Waals surface area contributed by atoms with Gasteiger partial charge in [-0.15, -0.1) is 0 Å². The van der Waals surface area contributed by atoms with Crippen LogP contribution in [0.4, 0.5) is 0 Å². The largest absolute Gasteiger partial charge is 0.298 e. The molecule has 0 atom stereocenters. The fraction of sp³-hybridized carbons (Fsp3) is 0.375. The van der Waals surface area contributed by atoms with Gasteiger partial charge in [0.1, 0.15) is 0 Å². The molecule has 4 nitrogen and oxygen atoms in total. The molecule has 12 heavy (non-hydrogen) atoms. The summed E-state index contributed by atoms with van der Waals surface area (Å²) in [6.07, 6.45) is 5.38. The maximum atomic E-state index is 11.4. The van der Waals surface area contributed by atoms with E-state index in [0.29, 0.717) is 6.29 Å². The van der Waals surface area contributed by atoms with Crippen LogP contribution in [0.3, 0.4) is 0 Å². The lowest BCUT2D eigenvalue weighted by Crippen LogP contribution is -2.22. The molecule has 1 aliphatic carbocycles. The highest BCUT2D eigenvalue weighted by molar-refractivity contribution is 5.73. The first kappa shape index (κ1) is 7.21. The molecule has 0 bridgehead atoms. The van der Waals surface area contributed by atoms with Crippen molar-refractivity contribution in [1.82, 2.24) is 9.55 Å². The first-order chi connectivity index (χ1) is 5.83. The van der Waals surface area contributed by atoms with Crippen LogP contribution in [-0.2, 0) is 0 Å². The monoisotopic (exact) mass is 164 g/mol. The molecule has 0 saturated heterocycles. The standard InChI is InChI=1S/C8H8N2O2/c11-4-6-3-9-5-10(8(6)12)7-1-2-7/h3-5,7H,1-2H2. The summed E-state index contributed by atoms with van der Waals surface area (Å²) in [5.74, 6) is 0. The Balaban J connectivity index is 2.54. The van der Waals surface area contributed by atoms with E-state index in [2.05, 4.69) is 4.98 Å². The van der Waals surface area contributed by atoms with Crippen LogP contribution in [-0.4, -0.2) is 15.8 Å². The van der Waals surface area contributed by atoms with Gasteiger partial charge in [-0.2, -0.15) is 0 Å². The molecule has 1 fully saturated rings. The van der Waals surface area contributed by atoms with Gasteiger partial charge < -0.3 is 0 Å². The van der Waals surface area contributed by atoms with Gasteiger partial charge in [0.25, 0.3) is 5.56 Å². The third kappa shape index (κ3) is 1.05. The zero-order valence-corrected chi connectivity index (χ0v) is 6.43. The fourth-order valence-corrected chi connectivity index (χ4v) is 1.14. The van der Waals surface area contributed by atoms with E-state index in [9.17, 15) is 9.59 Å². The lowest BCUT2D eigenvalue weighted by Gasteiger charge is -2.00. The van der Waals surface area contributed by atoms with Crippen molar-refractivity contribution in [1.29, 1.82) is 0 Å². The highest BCUT2D eigenvalue weighted by atomic mass is 16.1. The predicted molar refractivity (Wildman–Crippen MR) is 42.2 cm³/mol. The summed E-state index contributed by atoms with van der Waals surface area (Å²) in [6, 6.07) is 0.282. The highest BCUT2D eigenvalue weighted by Crippen LogP contribution is 2.32. The second-order valence-corrected chi connectivity index (χ2v) is 2.91. The molecule has 0 aliphatic heterocycles. The molecular weight excluding hydrogens is 156 g/mol. The average molecular weight is 164 g/mol. The number of carbonyl (C=O) groups excluding carboxylic acids is 1. The van der Waals surface area contributed by atoms with Crippen LogP contribution >= 0.6 is 0 Å². The van der Waals surface area contributed by atoms with Gasteiger partial charge in [-0.3, -0.25) is 14.2 Å². The van der Waals surface area contributed by atoms with Gasteiger partial charge in [0, 0.05) is 12.2 Å². The van der Waals surface area contributed by atoms with Gasteiger partial charge in [-0.1, -0.05) is 0 Å². The molecule has 0 radical (unpaired) electrons. The number of rotatable bonds is 2. The predicted octanol–water partition coefficient (Wildman–Crippen LogP) is 0.391. The van der Waals surface area contributed by atoms with Crippen LogP contribution in [0.15, 0.2) is 17.3 Å². The van der Waals surface area contributed by atoms with E-state index >= 15 is 0 Å². The molecule has 0 N–H and O–H groups in total. The van der Waals surface area contributed by atoms with Crippen LogP contribution in [0.1, 0.15) is 29.2 Å². The zero-order valence-electron chi connectivity index (χ0n) is 6.43. The minimum atomic E-state index is -0.220. The van der Waals surface area contributed by atoms with Gasteiger partial charge in [0.15, 0.2) is 6.29 Å². The van der Waals surface area contributed by atoms with Gasteiger partial charge in [-0.05, 0) is 12.8 Å². The van der Waals surface area contributed by atoms with E-state index in [1.165, 1.54) is 17.1 Å². The van der Waals surface area contributed by atoms with Crippen molar-refractivity contribution in [3.8, 4) is 0 Å². The van der Waals surface area contributed by atoms with Crippen molar-refractivity contribution in [2.45, 2.75) is 18.9 Å². The molecular formula is C8H8N2O2. The molecule has 62 valence electrons. The zero-order chi connectivity index (χ0) is 8.55. The Hall–Kier alpha value is -1.45. The minimum absolute atomic E-state index is 0.143. The molecule has 1 heterocycles. The summed E-state index contributed by atoms with van der Waals surface area (Å²) in [5, 5.41) is 0. The number of hydrogen-bond acceptors (Lipinski definition) is 3. The highest BCUT2D eigenvalue weighted by Gasteiger charge is 2.24. The molecule has 1 aromatic heterocycles. The number of hydrogen-bond donors (Lipinski definition) is 0. The Morgan fingerprint density at radius 2 is 2.33 bits per heavy atom. The van der Waals surface area contributed by atoms with Crippen LogP contribution in [0.5, 0.6) is 0 Å². The van der Waals surface area contributed by atoms with E-state index < -0.39 is 0 Å². The Kier molecular flexibility index (Phi) is 1.53. The molecule has 0 unspecified atom stereocenters. The van der Waals surface area contributed by atoms with Crippen molar-refractivity contribution < 1.29 is 4.79 Å². The second kappa shape index (κ2) is 2.55. The van der Waals surface area contributed by atoms with Gasteiger partial charge >= 0.3 is 0 Å². The lowest BCUT2D eigenvalue weighted by atomic mass is 10.4. The first-order valence-electron chi connectivity index (χ1n) is 3.84. The van der Waals surface area contributed by atoms with E-state index in [1.807, 2.05) is 0 Å². The molecule has 0 spiro atoms. The summed E-state index contributed by atoms with van der Waals surface area (Å²) in [5.41, 5.74) is -0.0769. The van der Waals surface area contributed by atoms with Crippen LogP contribution in [0, 0.1) is 0 Å². The van der Waals surface area contributed by atoms with Gasteiger partial charge in [0.2, 0.25) is 0 Å². The summed E-state index contributed by atoms with van der Waals surface area (Å²) in [7, 11) is 0. The fourth-order valence-electron chi connectivity index (χ4n) is 1.14. The second-order valence-electron chi connectivity index (χ2n) is 2.91. The summed E-state index contributed by atoms with van der Waals surface area (Å²) in [6.45, 7) is 0. The maximum Gasteiger partial charge on any atom is 0.264 e. The van der Waals surface area contributed by atoms with Crippen LogP contribution in [0.2, 0.25) is 0 Å². The third-order valence-electron chi connectivity index (χ3n) is 1.95. The minimum Gasteiger partial charge on any atom is -0.298 e. The van der Waals surface area contributed by atoms with Crippen molar-refractivity contribution in [2.24, 2.45) is 0 Å². The van der Waals surface area contributed by atoms with Crippen molar-refractivity contribution in [2.75, 3.05) is 0 Å². The first-order valence-corrected chi connectivity index (χ1v) is 3.84. The Morgan fingerprint density at radius 3 is 2.92 bits per heavy atom. The van der Waals surface area contributed by atoms with E-state index in [0.717, 1.165) is 12.8 Å². The number of nitrogens with zero attached hydrogens (tertiary/aromatic N) is 2. The molecule has 4 heteroatoms. The molecule has 2 rings (SSSR count). The summed E-state index contributed by atoms with van der Waals surface area (Å²) in [4.78, 5) is 25.6. The normalized spacial score (nSPS) is 16.0. The SMILES string of the molecule is O=Cc1cncn(C2CC2)c1=O. The van der Waals surface area contributed by atoms with E-state index in [-0.39, 0.29) is 17.2 Å². The van der Waals surface area contributed by atoms with E-state index in [1.54, 1.807) is 0 Å². The molecule has 0 aromatic carbocycles. The van der Waals surface area contributed by atoms with E-state index in [4.69, 9.17) is 0 Å². The lowest BCUT2D eigenvalue weighted by molar-refractivity contribution is 0.112. The molecule has 1 saturated carbocycles. The van der Waals surface area contributed by atoms with Crippen LogP contribution in [0.25, 0.3) is 0 Å².